The first-order valence-electron chi connectivity index (χ1n) is 12.6. The molecular formula is C27H27N7O2S. The molecule has 188 valence electrons. The van der Waals surface area contributed by atoms with Crippen LogP contribution in [-0.4, -0.2) is 33.6 Å². The maximum Gasteiger partial charge on any atom is 0.286 e. The minimum Gasteiger partial charge on any atom is -0.377 e. The van der Waals surface area contributed by atoms with Crippen molar-refractivity contribution in [2.45, 2.75) is 55.9 Å². The maximum absolute atomic E-state index is 13.0. The molecule has 3 atom stereocenters. The van der Waals surface area contributed by atoms with Crippen molar-refractivity contribution < 1.29 is 8.42 Å². The molecule has 2 saturated carbocycles. The highest BCUT2D eigenvalue weighted by molar-refractivity contribution is 7.90. The molecule has 2 fully saturated rings. The number of anilines is 2. The van der Waals surface area contributed by atoms with Gasteiger partial charge in [-0.05, 0) is 74.9 Å². The van der Waals surface area contributed by atoms with E-state index in [1.54, 1.807) is 18.3 Å². The molecule has 10 heteroatoms. The molecule has 2 aliphatic carbocycles. The summed E-state index contributed by atoms with van der Waals surface area (Å²) >= 11 is 0. The van der Waals surface area contributed by atoms with Gasteiger partial charge in [-0.3, -0.25) is 0 Å². The van der Waals surface area contributed by atoms with E-state index < -0.39 is 10.0 Å². The first kappa shape index (κ1) is 22.4. The molecule has 3 aliphatic rings. The van der Waals surface area contributed by atoms with Crippen LogP contribution in [0.3, 0.4) is 0 Å². The van der Waals surface area contributed by atoms with Gasteiger partial charge in [0.15, 0.2) is 0 Å². The number of pyridine rings is 1. The van der Waals surface area contributed by atoms with Crippen LogP contribution in [0.4, 0.5) is 11.4 Å². The SMILES string of the molecule is Cc1ccnc([C@H]2C[C@@H]2C2=NS(=O)(=O)c3ccc(NC(C)c4cn5cc(C6CC6)ccc5n4)cc3N2)n1. The highest BCUT2D eigenvalue weighted by Crippen LogP contribution is 2.48. The Morgan fingerprint density at radius 2 is 1.95 bits per heavy atom. The molecule has 0 spiro atoms. The van der Waals surface area contributed by atoms with Gasteiger partial charge in [-0.2, -0.15) is 8.42 Å². The van der Waals surface area contributed by atoms with Gasteiger partial charge in [-0.1, -0.05) is 6.07 Å². The van der Waals surface area contributed by atoms with Crippen LogP contribution in [0.1, 0.15) is 66.8 Å². The van der Waals surface area contributed by atoms with Crippen molar-refractivity contribution >= 4 is 32.9 Å². The molecule has 9 nitrogen and oxygen atoms in total. The molecule has 2 N–H and O–H groups in total. The third-order valence-electron chi connectivity index (χ3n) is 7.39. The quantitative estimate of drug-likeness (QED) is 0.381. The summed E-state index contributed by atoms with van der Waals surface area (Å²) in [6, 6.07) is 11.2. The third kappa shape index (κ3) is 4.15. The zero-order valence-corrected chi connectivity index (χ0v) is 21.4. The molecule has 0 bridgehead atoms. The Balaban J connectivity index is 1.11. The van der Waals surface area contributed by atoms with E-state index in [-0.39, 0.29) is 22.8 Å². The second kappa shape index (κ2) is 8.11. The van der Waals surface area contributed by atoms with Crippen molar-refractivity contribution in [1.82, 2.24) is 19.4 Å². The summed E-state index contributed by atoms with van der Waals surface area (Å²) in [6.07, 6.45) is 9.28. The summed E-state index contributed by atoms with van der Waals surface area (Å²) in [5.74, 6) is 1.91. The second-order valence-electron chi connectivity index (χ2n) is 10.3. The number of hydrogen-bond donors (Lipinski definition) is 2. The molecule has 0 saturated heterocycles. The number of nitrogens with one attached hydrogen (secondary N) is 2. The Hall–Kier alpha value is -3.79. The van der Waals surface area contributed by atoms with Crippen LogP contribution in [0.25, 0.3) is 5.65 Å². The zero-order valence-electron chi connectivity index (χ0n) is 20.6. The summed E-state index contributed by atoms with van der Waals surface area (Å²) in [5, 5.41) is 6.76. The van der Waals surface area contributed by atoms with E-state index in [4.69, 9.17) is 4.98 Å². The van der Waals surface area contributed by atoms with Crippen LogP contribution >= 0.6 is 0 Å². The summed E-state index contributed by atoms with van der Waals surface area (Å²) in [6.45, 7) is 3.98. The average Bonchev–Trinajstić information content (AvgIpc) is 3.79. The van der Waals surface area contributed by atoms with E-state index in [0.29, 0.717) is 17.4 Å². The van der Waals surface area contributed by atoms with Gasteiger partial charge in [-0.15, -0.1) is 4.40 Å². The van der Waals surface area contributed by atoms with Crippen LogP contribution in [-0.2, 0) is 10.0 Å². The van der Waals surface area contributed by atoms with Crippen LogP contribution < -0.4 is 10.6 Å². The predicted octanol–water partition coefficient (Wildman–Crippen LogP) is 4.80. The number of imidazole rings is 1. The lowest BCUT2D eigenvalue weighted by atomic mass is 10.2. The van der Waals surface area contributed by atoms with Crippen LogP contribution in [0.15, 0.2) is 64.3 Å². The number of hydrogen-bond acceptors (Lipinski definition) is 7. The lowest BCUT2D eigenvalue weighted by molar-refractivity contribution is 0.597. The zero-order chi connectivity index (χ0) is 25.3. The third-order valence-corrected chi connectivity index (χ3v) is 8.74. The molecule has 1 unspecified atom stereocenters. The number of amidine groups is 1. The summed E-state index contributed by atoms with van der Waals surface area (Å²) < 4.78 is 32.1. The Bertz CT molecular complexity index is 1690. The van der Waals surface area contributed by atoms with Gasteiger partial charge in [0.25, 0.3) is 10.0 Å². The van der Waals surface area contributed by atoms with E-state index in [1.807, 2.05) is 19.1 Å². The second-order valence-corrected chi connectivity index (χ2v) is 11.9. The number of aromatic nitrogens is 4. The minimum atomic E-state index is -3.79. The standard InChI is InChI=1S/C27H27N7O2S/c1-15-9-10-28-26(29-15)20-12-21(20)27-32-22-11-19(6-7-24(22)37(35,36)33-27)30-16(2)23-14-34-13-18(17-3-4-17)5-8-25(34)31-23/h5-11,13-14,16-17,20-21,30H,3-4,12H2,1-2H3,(H,32,33)/t16?,20-,21-/m0/s1. The number of sulfonamides is 1. The fourth-order valence-electron chi connectivity index (χ4n) is 5.09. The number of benzene rings is 1. The normalized spacial score (nSPS) is 22.6. The predicted molar refractivity (Wildman–Crippen MR) is 142 cm³/mol. The first-order chi connectivity index (χ1) is 17.8. The van der Waals surface area contributed by atoms with Gasteiger partial charge in [0, 0.05) is 41.8 Å². The van der Waals surface area contributed by atoms with Crippen molar-refractivity contribution in [2.24, 2.45) is 10.3 Å². The van der Waals surface area contributed by atoms with Crippen molar-refractivity contribution in [1.29, 1.82) is 0 Å². The van der Waals surface area contributed by atoms with Gasteiger partial charge < -0.3 is 15.0 Å². The molecule has 37 heavy (non-hydrogen) atoms. The Labute approximate surface area is 215 Å². The van der Waals surface area contributed by atoms with Gasteiger partial charge >= 0.3 is 0 Å². The van der Waals surface area contributed by atoms with E-state index >= 15 is 0 Å². The number of rotatable bonds is 6. The molecule has 4 heterocycles. The largest absolute Gasteiger partial charge is 0.377 e. The Morgan fingerprint density at radius 3 is 2.76 bits per heavy atom. The van der Waals surface area contributed by atoms with E-state index in [9.17, 15) is 8.42 Å². The topological polar surface area (TPSA) is 114 Å². The molecule has 0 radical (unpaired) electrons. The monoisotopic (exact) mass is 513 g/mol. The van der Waals surface area contributed by atoms with Gasteiger partial charge in [-0.25, -0.2) is 15.0 Å². The summed E-state index contributed by atoms with van der Waals surface area (Å²) in [5.41, 5.74) is 5.44. The Kier molecular flexibility index (Phi) is 4.91. The molecule has 7 rings (SSSR count). The highest BCUT2D eigenvalue weighted by Gasteiger charge is 2.46. The maximum atomic E-state index is 13.0. The van der Waals surface area contributed by atoms with Crippen LogP contribution in [0.2, 0.25) is 0 Å². The Morgan fingerprint density at radius 1 is 1.08 bits per heavy atom. The molecule has 1 aliphatic heterocycles. The van der Waals surface area contributed by atoms with E-state index in [1.165, 1.54) is 18.4 Å². The van der Waals surface area contributed by atoms with Crippen LogP contribution in [0, 0.1) is 12.8 Å². The van der Waals surface area contributed by atoms with Crippen molar-refractivity contribution in [3.05, 3.63) is 77.8 Å². The van der Waals surface area contributed by atoms with Gasteiger partial charge in [0.1, 0.15) is 22.2 Å². The van der Waals surface area contributed by atoms with Crippen LogP contribution in [0.5, 0.6) is 0 Å². The highest BCUT2D eigenvalue weighted by atomic mass is 32.2. The first-order valence-corrected chi connectivity index (χ1v) is 14.1. The van der Waals surface area contributed by atoms with Gasteiger partial charge in [0.05, 0.1) is 17.4 Å². The molecule has 1 aromatic carbocycles. The van der Waals surface area contributed by atoms with Gasteiger partial charge in [0.2, 0.25) is 0 Å². The molecule has 4 aromatic rings. The number of fused-ring (bicyclic) bond motifs is 2. The fraction of sp³-hybridized carbons (Fsp3) is 0.333. The number of nitrogens with zero attached hydrogens (tertiary/aromatic N) is 5. The van der Waals surface area contributed by atoms with E-state index in [0.717, 1.165) is 35.0 Å². The van der Waals surface area contributed by atoms with E-state index in [2.05, 4.69) is 60.9 Å². The lowest BCUT2D eigenvalue weighted by Gasteiger charge is -2.20. The average molecular weight is 514 g/mol. The molecular weight excluding hydrogens is 486 g/mol. The smallest absolute Gasteiger partial charge is 0.286 e. The van der Waals surface area contributed by atoms with Crippen molar-refractivity contribution in [3.63, 3.8) is 0 Å². The summed E-state index contributed by atoms with van der Waals surface area (Å²) in [7, 11) is -3.79. The fourth-order valence-corrected chi connectivity index (χ4v) is 6.26. The minimum absolute atomic E-state index is 0.0428. The number of aryl methyl sites for hydroxylation is 1. The lowest BCUT2D eigenvalue weighted by Crippen LogP contribution is -2.24. The molecule has 0 amide bonds. The molecule has 3 aromatic heterocycles. The van der Waals surface area contributed by atoms with Crippen molar-refractivity contribution in [2.75, 3.05) is 10.6 Å². The summed E-state index contributed by atoms with van der Waals surface area (Å²) in [4.78, 5) is 13.8. The van der Waals surface area contributed by atoms with Crippen molar-refractivity contribution in [3.8, 4) is 0 Å².